The van der Waals surface area contributed by atoms with Crippen LogP contribution in [0, 0.1) is 0 Å². The number of ether oxygens (including phenoxy) is 2. The molecule has 170 valence electrons. The van der Waals surface area contributed by atoms with Crippen molar-refractivity contribution in [1.29, 1.82) is 0 Å². The van der Waals surface area contributed by atoms with Crippen LogP contribution in [0.3, 0.4) is 0 Å². The minimum atomic E-state index is -0.321. The predicted octanol–water partition coefficient (Wildman–Crippen LogP) is 3.68. The van der Waals surface area contributed by atoms with E-state index in [0.29, 0.717) is 47.1 Å². The second-order valence-corrected chi connectivity index (χ2v) is 8.09. The molecule has 0 unspecified atom stereocenters. The fourth-order valence-corrected chi connectivity index (χ4v) is 4.33. The third-order valence-electron chi connectivity index (χ3n) is 6.00. The summed E-state index contributed by atoms with van der Waals surface area (Å²) in [6.45, 7) is 3.09. The van der Waals surface area contributed by atoms with Gasteiger partial charge in [0.25, 0.3) is 5.56 Å². The molecule has 0 radical (unpaired) electrons. The molecule has 5 aromatic rings. The number of nitrogens with two attached hydrogens (primary N) is 1. The maximum absolute atomic E-state index is 13.0. The number of anilines is 2. The molecule has 2 aromatic carbocycles. The molecule has 0 amide bonds. The van der Waals surface area contributed by atoms with Gasteiger partial charge < -0.3 is 30.1 Å². The molecule has 0 atom stereocenters. The number of benzene rings is 2. The lowest BCUT2D eigenvalue weighted by Gasteiger charge is -2.28. The maximum Gasteiger partial charge on any atom is 0.261 e. The van der Waals surface area contributed by atoms with E-state index in [2.05, 4.69) is 24.8 Å². The Bertz CT molecular complexity index is 1550. The Hall–Kier alpha value is -4.37. The summed E-state index contributed by atoms with van der Waals surface area (Å²) in [4.78, 5) is 30.2. The molecule has 34 heavy (non-hydrogen) atoms. The number of rotatable bonds is 4. The first-order valence-corrected chi connectivity index (χ1v) is 11.0. The van der Waals surface area contributed by atoms with Crippen molar-refractivity contribution in [3.63, 3.8) is 0 Å². The first-order chi connectivity index (χ1) is 16.7. The van der Waals surface area contributed by atoms with E-state index in [4.69, 9.17) is 15.2 Å². The van der Waals surface area contributed by atoms with E-state index in [0.717, 1.165) is 29.8 Å². The number of pyridine rings is 2. The highest BCUT2D eigenvalue weighted by Crippen LogP contribution is 2.36. The van der Waals surface area contributed by atoms with Gasteiger partial charge in [0.05, 0.1) is 40.8 Å². The van der Waals surface area contributed by atoms with Gasteiger partial charge in [-0.2, -0.15) is 0 Å². The molecule has 1 aliphatic rings. The molecule has 0 saturated carbocycles. The highest BCUT2D eigenvalue weighted by atomic mass is 16.5. The fraction of sp³-hybridized carbons (Fsp3) is 0.160. The number of nitrogens with one attached hydrogen (secondary N) is 2. The molecule has 1 saturated heterocycles. The average molecular weight is 454 g/mol. The monoisotopic (exact) mass is 454 g/mol. The number of aromatic nitrogens is 4. The second-order valence-electron chi connectivity index (χ2n) is 8.09. The first kappa shape index (κ1) is 20.3. The topological polar surface area (TPSA) is 122 Å². The average Bonchev–Trinajstić information content (AvgIpc) is 3.28. The van der Waals surface area contributed by atoms with Crippen molar-refractivity contribution in [2.45, 2.75) is 0 Å². The van der Waals surface area contributed by atoms with Crippen molar-refractivity contribution in [3.05, 3.63) is 71.3 Å². The Balaban J connectivity index is 1.46. The number of nitrogen functional groups attached to an aromatic ring is 1. The SMILES string of the molecule is Nc1c(-c2nc3ccc(N4CCOCC4)cc3[nH]2)c(=O)[nH]c2cccc(Oc3ccncc3)c12. The summed E-state index contributed by atoms with van der Waals surface area (Å²) in [6.07, 6.45) is 3.30. The van der Waals surface area contributed by atoms with E-state index < -0.39 is 0 Å². The molecule has 0 bridgehead atoms. The number of nitrogens with zero attached hydrogens (tertiary/aromatic N) is 3. The van der Waals surface area contributed by atoms with Crippen molar-refractivity contribution >= 4 is 33.3 Å². The highest BCUT2D eigenvalue weighted by Gasteiger charge is 2.19. The van der Waals surface area contributed by atoms with Gasteiger partial charge in [0.2, 0.25) is 0 Å². The summed E-state index contributed by atoms with van der Waals surface area (Å²) < 4.78 is 11.5. The van der Waals surface area contributed by atoms with E-state index in [9.17, 15) is 4.79 Å². The highest BCUT2D eigenvalue weighted by molar-refractivity contribution is 6.01. The lowest BCUT2D eigenvalue weighted by atomic mass is 10.1. The molecule has 4 heterocycles. The number of morpholine rings is 1. The van der Waals surface area contributed by atoms with Gasteiger partial charge in [0.1, 0.15) is 22.9 Å². The second kappa shape index (κ2) is 8.20. The summed E-state index contributed by atoms with van der Waals surface area (Å²) in [7, 11) is 0. The van der Waals surface area contributed by atoms with Crippen LogP contribution >= 0.6 is 0 Å². The van der Waals surface area contributed by atoms with Crippen LogP contribution in [-0.4, -0.2) is 46.2 Å². The van der Waals surface area contributed by atoms with E-state index in [-0.39, 0.29) is 11.1 Å². The van der Waals surface area contributed by atoms with Gasteiger partial charge in [-0.1, -0.05) is 6.07 Å². The van der Waals surface area contributed by atoms with Crippen molar-refractivity contribution in [2.24, 2.45) is 0 Å². The van der Waals surface area contributed by atoms with Gasteiger partial charge in [-0.3, -0.25) is 9.78 Å². The normalized spacial score (nSPS) is 14.1. The predicted molar refractivity (Wildman–Crippen MR) is 131 cm³/mol. The molecule has 6 rings (SSSR count). The van der Waals surface area contributed by atoms with Crippen LogP contribution < -0.4 is 20.9 Å². The van der Waals surface area contributed by atoms with Crippen LogP contribution in [-0.2, 0) is 4.74 Å². The van der Waals surface area contributed by atoms with Crippen LogP contribution in [0.15, 0.2) is 65.7 Å². The molecule has 1 fully saturated rings. The third-order valence-corrected chi connectivity index (χ3v) is 6.00. The van der Waals surface area contributed by atoms with Crippen LogP contribution in [0.5, 0.6) is 11.5 Å². The number of aromatic amines is 2. The number of H-pyrrole nitrogens is 2. The molecule has 1 aliphatic heterocycles. The minimum Gasteiger partial charge on any atom is -0.456 e. The molecule has 0 spiro atoms. The van der Waals surface area contributed by atoms with Gasteiger partial charge in [-0.05, 0) is 42.5 Å². The van der Waals surface area contributed by atoms with Gasteiger partial charge in [-0.25, -0.2) is 4.98 Å². The Morgan fingerprint density at radius 1 is 1.00 bits per heavy atom. The van der Waals surface area contributed by atoms with Crippen molar-refractivity contribution < 1.29 is 9.47 Å². The van der Waals surface area contributed by atoms with Crippen LogP contribution in [0.25, 0.3) is 33.3 Å². The molecule has 3 aromatic heterocycles. The van der Waals surface area contributed by atoms with Crippen LogP contribution in [0.4, 0.5) is 11.4 Å². The van der Waals surface area contributed by atoms with Crippen LogP contribution in [0.2, 0.25) is 0 Å². The van der Waals surface area contributed by atoms with E-state index in [1.54, 1.807) is 30.6 Å². The summed E-state index contributed by atoms with van der Waals surface area (Å²) in [5.74, 6) is 1.56. The molecule has 9 nitrogen and oxygen atoms in total. The summed E-state index contributed by atoms with van der Waals surface area (Å²) in [6, 6.07) is 15.0. The van der Waals surface area contributed by atoms with Gasteiger partial charge in [-0.15, -0.1) is 0 Å². The maximum atomic E-state index is 13.0. The standard InChI is InChI=1S/C25H22N6O3/c26-23-21-18(2-1-3-20(21)34-16-6-8-27-9-7-16)30-25(32)22(23)24-28-17-5-4-15(14-19(17)29-24)31-10-12-33-13-11-31/h1-9,14H,10-13H2,(H,28,29)(H3,26,30,32). The quantitative estimate of drug-likeness (QED) is 0.379. The van der Waals surface area contributed by atoms with E-state index in [1.807, 2.05) is 30.3 Å². The van der Waals surface area contributed by atoms with Crippen molar-refractivity contribution in [2.75, 3.05) is 36.9 Å². The number of fused-ring (bicyclic) bond motifs is 2. The Morgan fingerprint density at radius 2 is 1.82 bits per heavy atom. The van der Waals surface area contributed by atoms with Gasteiger partial charge >= 0.3 is 0 Å². The zero-order valence-electron chi connectivity index (χ0n) is 18.2. The fourth-order valence-electron chi connectivity index (χ4n) is 4.33. The summed E-state index contributed by atoms with van der Waals surface area (Å²) >= 11 is 0. The smallest absolute Gasteiger partial charge is 0.261 e. The molecule has 9 heteroatoms. The third kappa shape index (κ3) is 3.52. The lowest BCUT2D eigenvalue weighted by Crippen LogP contribution is -2.36. The minimum absolute atomic E-state index is 0.280. The number of imidazole rings is 1. The Labute approximate surface area is 194 Å². The molecule has 0 aliphatic carbocycles. The molecular formula is C25H22N6O3. The molecule has 4 N–H and O–H groups in total. The first-order valence-electron chi connectivity index (χ1n) is 11.0. The Morgan fingerprint density at radius 3 is 2.65 bits per heavy atom. The lowest BCUT2D eigenvalue weighted by molar-refractivity contribution is 0.122. The van der Waals surface area contributed by atoms with Gasteiger partial charge in [0, 0.05) is 31.2 Å². The molecular weight excluding hydrogens is 432 g/mol. The summed E-state index contributed by atoms with van der Waals surface area (Å²) in [5, 5.41) is 0.614. The van der Waals surface area contributed by atoms with Crippen LogP contribution in [0.1, 0.15) is 0 Å². The zero-order chi connectivity index (χ0) is 23.1. The van der Waals surface area contributed by atoms with Crippen molar-refractivity contribution in [1.82, 2.24) is 19.9 Å². The van der Waals surface area contributed by atoms with E-state index >= 15 is 0 Å². The Kier molecular flexibility index (Phi) is 4.88. The number of hydrogen-bond acceptors (Lipinski definition) is 7. The number of hydrogen-bond donors (Lipinski definition) is 3. The largest absolute Gasteiger partial charge is 0.456 e. The van der Waals surface area contributed by atoms with Crippen molar-refractivity contribution in [3.8, 4) is 22.9 Å². The van der Waals surface area contributed by atoms with Gasteiger partial charge in [0.15, 0.2) is 0 Å². The summed E-state index contributed by atoms with van der Waals surface area (Å²) in [5.41, 5.74) is 10.1. The van der Waals surface area contributed by atoms with E-state index in [1.165, 1.54) is 0 Å². The zero-order valence-corrected chi connectivity index (χ0v) is 18.2.